The van der Waals surface area contributed by atoms with Gasteiger partial charge in [0.25, 0.3) is 0 Å². The van der Waals surface area contributed by atoms with Gasteiger partial charge in [-0.15, -0.1) is 0 Å². The summed E-state index contributed by atoms with van der Waals surface area (Å²) < 4.78 is 2.00. The zero-order valence-corrected chi connectivity index (χ0v) is 13.3. The fourth-order valence-corrected chi connectivity index (χ4v) is 5.72. The molecule has 1 N–H and O–H groups in total. The van der Waals surface area contributed by atoms with Crippen LogP contribution in [0.15, 0.2) is 12.3 Å². The van der Waals surface area contributed by atoms with Crippen molar-refractivity contribution in [2.45, 2.75) is 64.5 Å². The predicted molar refractivity (Wildman–Crippen MR) is 82.9 cm³/mol. The first-order valence-electron chi connectivity index (χ1n) is 8.82. The molecule has 0 radical (unpaired) electrons. The number of rotatable bonds is 4. The van der Waals surface area contributed by atoms with Crippen molar-refractivity contribution in [2.24, 2.45) is 29.6 Å². The minimum Gasteiger partial charge on any atom is -0.392 e. The van der Waals surface area contributed by atoms with Gasteiger partial charge in [-0.3, -0.25) is 4.68 Å². The van der Waals surface area contributed by atoms with Gasteiger partial charge in [-0.2, -0.15) is 5.10 Å². The highest BCUT2D eigenvalue weighted by molar-refractivity contribution is 5.05. The van der Waals surface area contributed by atoms with Gasteiger partial charge in [0.05, 0.1) is 11.8 Å². The highest BCUT2D eigenvalue weighted by atomic mass is 16.3. The van der Waals surface area contributed by atoms with E-state index in [2.05, 4.69) is 25.0 Å². The zero-order chi connectivity index (χ0) is 14.6. The molecule has 4 bridgehead atoms. The SMILES string of the molecule is CC(C)n1ccc(CC(O)C2C3CC4CC(C3)CC2C4)n1. The summed E-state index contributed by atoms with van der Waals surface area (Å²) >= 11 is 0. The molecule has 3 heteroatoms. The average Bonchev–Trinajstić information content (AvgIpc) is 2.86. The lowest BCUT2D eigenvalue weighted by Crippen LogP contribution is -2.49. The number of nitrogens with zero attached hydrogens (tertiary/aromatic N) is 2. The molecule has 1 aromatic heterocycles. The van der Waals surface area contributed by atoms with Crippen molar-refractivity contribution in [1.82, 2.24) is 9.78 Å². The molecule has 4 fully saturated rings. The van der Waals surface area contributed by atoms with Crippen LogP contribution in [0.4, 0.5) is 0 Å². The summed E-state index contributed by atoms with van der Waals surface area (Å²) in [4.78, 5) is 0. The first kappa shape index (κ1) is 13.8. The monoisotopic (exact) mass is 288 g/mol. The van der Waals surface area contributed by atoms with Crippen LogP contribution in [0.3, 0.4) is 0 Å². The number of aromatic nitrogens is 2. The molecule has 0 amide bonds. The van der Waals surface area contributed by atoms with Crippen LogP contribution in [0.5, 0.6) is 0 Å². The Labute approximate surface area is 127 Å². The van der Waals surface area contributed by atoms with E-state index in [-0.39, 0.29) is 6.10 Å². The second kappa shape index (κ2) is 5.12. The van der Waals surface area contributed by atoms with Crippen LogP contribution in [-0.2, 0) is 6.42 Å². The topological polar surface area (TPSA) is 38.0 Å². The Morgan fingerprint density at radius 2 is 1.76 bits per heavy atom. The number of aliphatic hydroxyl groups excluding tert-OH is 1. The van der Waals surface area contributed by atoms with Crippen LogP contribution < -0.4 is 0 Å². The van der Waals surface area contributed by atoms with Crippen molar-refractivity contribution >= 4 is 0 Å². The first-order chi connectivity index (χ1) is 10.1. The number of hydrogen-bond acceptors (Lipinski definition) is 2. The summed E-state index contributed by atoms with van der Waals surface area (Å²) in [7, 11) is 0. The van der Waals surface area contributed by atoms with Crippen molar-refractivity contribution in [3.8, 4) is 0 Å². The Bertz CT molecular complexity index is 479. The third-order valence-corrected chi connectivity index (χ3v) is 6.35. The van der Waals surface area contributed by atoms with Crippen molar-refractivity contribution in [1.29, 1.82) is 0 Å². The van der Waals surface area contributed by atoms with Crippen molar-refractivity contribution < 1.29 is 5.11 Å². The van der Waals surface area contributed by atoms with E-state index in [1.165, 1.54) is 32.1 Å². The maximum atomic E-state index is 10.8. The lowest BCUT2D eigenvalue weighted by atomic mass is 9.50. The summed E-state index contributed by atoms with van der Waals surface area (Å²) in [6.07, 6.45) is 9.62. The lowest BCUT2D eigenvalue weighted by Gasteiger charge is -2.55. The van der Waals surface area contributed by atoms with Crippen molar-refractivity contribution in [3.63, 3.8) is 0 Å². The summed E-state index contributed by atoms with van der Waals surface area (Å²) in [5, 5.41) is 15.5. The minimum atomic E-state index is -0.185. The maximum absolute atomic E-state index is 10.8. The Morgan fingerprint density at radius 1 is 1.14 bits per heavy atom. The van der Waals surface area contributed by atoms with Gasteiger partial charge in [0.15, 0.2) is 0 Å². The van der Waals surface area contributed by atoms with E-state index in [9.17, 15) is 5.11 Å². The molecule has 5 rings (SSSR count). The second-order valence-electron chi connectivity index (χ2n) is 8.16. The van der Waals surface area contributed by atoms with E-state index in [0.717, 1.165) is 35.8 Å². The van der Waals surface area contributed by atoms with Gasteiger partial charge in [0, 0.05) is 18.7 Å². The molecule has 1 heterocycles. The van der Waals surface area contributed by atoms with Gasteiger partial charge in [-0.05, 0) is 81.6 Å². The number of aliphatic hydroxyl groups is 1. The summed E-state index contributed by atoms with van der Waals surface area (Å²) in [5.41, 5.74) is 1.06. The number of hydrogen-bond donors (Lipinski definition) is 1. The van der Waals surface area contributed by atoms with Gasteiger partial charge in [-0.25, -0.2) is 0 Å². The van der Waals surface area contributed by atoms with Crippen molar-refractivity contribution in [3.05, 3.63) is 18.0 Å². The fourth-order valence-electron chi connectivity index (χ4n) is 5.72. The summed E-state index contributed by atoms with van der Waals surface area (Å²) in [5.74, 6) is 4.10. The smallest absolute Gasteiger partial charge is 0.0650 e. The van der Waals surface area contributed by atoms with Crippen LogP contribution in [-0.4, -0.2) is 21.0 Å². The summed E-state index contributed by atoms with van der Waals surface area (Å²) in [6.45, 7) is 4.29. The molecule has 0 saturated heterocycles. The van der Waals surface area contributed by atoms with Gasteiger partial charge in [0.2, 0.25) is 0 Å². The second-order valence-corrected chi connectivity index (χ2v) is 8.16. The Kier molecular flexibility index (Phi) is 3.36. The molecule has 4 aliphatic rings. The minimum absolute atomic E-state index is 0.185. The van der Waals surface area contributed by atoms with Crippen LogP contribution >= 0.6 is 0 Å². The molecular formula is C18H28N2O. The van der Waals surface area contributed by atoms with Crippen molar-refractivity contribution in [2.75, 3.05) is 0 Å². The third-order valence-electron chi connectivity index (χ3n) is 6.35. The molecule has 4 saturated carbocycles. The van der Waals surface area contributed by atoms with E-state index < -0.39 is 0 Å². The molecule has 21 heavy (non-hydrogen) atoms. The van der Waals surface area contributed by atoms with E-state index in [1.807, 2.05) is 10.9 Å². The van der Waals surface area contributed by atoms with Crippen LogP contribution in [0.1, 0.15) is 57.7 Å². The Balaban J connectivity index is 1.46. The molecule has 4 aliphatic carbocycles. The molecule has 1 aromatic rings. The first-order valence-corrected chi connectivity index (χ1v) is 8.82. The van der Waals surface area contributed by atoms with Gasteiger partial charge in [0.1, 0.15) is 0 Å². The molecule has 1 atom stereocenters. The highest BCUT2D eigenvalue weighted by Crippen LogP contribution is 2.57. The quantitative estimate of drug-likeness (QED) is 0.921. The average molecular weight is 288 g/mol. The van der Waals surface area contributed by atoms with E-state index in [4.69, 9.17) is 0 Å². The fraction of sp³-hybridized carbons (Fsp3) is 0.833. The lowest BCUT2D eigenvalue weighted by molar-refractivity contribution is -0.0890. The molecule has 0 aliphatic heterocycles. The normalized spacial score (nSPS) is 39.1. The molecule has 1 unspecified atom stereocenters. The Morgan fingerprint density at radius 3 is 2.29 bits per heavy atom. The standard InChI is InChI=1S/C18H28N2O/c1-11(2)20-4-3-16(19-20)10-17(21)18-14-6-12-5-13(8-14)9-15(18)7-12/h3-4,11-15,17-18,21H,5-10H2,1-2H3. The summed E-state index contributed by atoms with van der Waals surface area (Å²) in [6, 6.07) is 2.48. The molecule has 0 aromatic carbocycles. The highest BCUT2D eigenvalue weighted by Gasteiger charge is 2.50. The largest absolute Gasteiger partial charge is 0.392 e. The Hall–Kier alpha value is -0.830. The molecule has 116 valence electrons. The van der Waals surface area contributed by atoms with E-state index in [1.54, 1.807) is 0 Å². The molecule has 0 spiro atoms. The van der Waals surface area contributed by atoms with Gasteiger partial charge in [-0.1, -0.05) is 0 Å². The van der Waals surface area contributed by atoms with E-state index in [0.29, 0.717) is 12.0 Å². The van der Waals surface area contributed by atoms with Gasteiger partial charge >= 0.3 is 0 Å². The third kappa shape index (κ3) is 2.44. The van der Waals surface area contributed by atoms with Crippen LogP contribution in [0, 0.1) is 29.6 Å². The van der Waals surface area contributed by atoms with E-state index >= 15 is 0 Å². The van der Waals surface area contributed by atoms with Crippen LogP contribution in [0.2, 0.25) is 0 Å². The molecule has 3 nitrogen and oxygen atoms in total. The van der Waals surface area contributed by atoms with Gasteiger partial charge < -0.3 is 5.11 Å². The van der Waals surface area contributed by atoms with Crippen LogP contribution in [0.25, 0.3) is 0 Å². The molecular weight excluding hydrogens is 260 g/mol. The zero-order valence-electron chi connectivity index (χ0n) is 13.3. The predicted octanol–water partition coefficient (Wildman–Crippen LogP) is 3.44. The maximum Gasteiger partial charge on any atom is 0.0650 e.